The molecule has 0 aliphatic carbocycles. The van der Waals surface area contributed by atoms with Crippen molar-refractivity contribution < 1.29 is 0 Å². The summed E-state index contributed by atoms with van der Waals surface area (Å²) in [5, 5.41) is 14.4. The first kappa shape index (κ1) is 53.5. The Bertz CT molecular complexity index is 4120. The normalized spacial score (nSPS) is 18.6. The smallest absolute Gasteiger partial charge is 0.0427 e. The van der Waals surface area contributed by atoms with Gasteiger partial charge in [0, 0.05) is 148 Å². The largest absolute Gasteiger partial charge is 0.332 e. The Balaban J connectivity index is 0.731. The summed E-state index contributed by atoms with van der Waals surface area (Å²) in [6, 6.07) is 62.6. The lowest BCUT2D eigenvalue weighted by molar-refractivity contribution is 0.132. The van der Waals surface area contributed by atoms with Gasteiger partial charge in [-0.2, -0.15) is 0 Å². The van der Waals surface area contributed by atoms with Crippen molar-refractivity contribution in [1.29, 1.82) is 0 Å². The highest BCUT2D eigenvalue weighted by molar-refractivity contribution is 6.16. The first-order chi connectivity index (χ1) is 41.6. The van der Waals surface area contributed by atoms with Crippen LogP contribution in [-0.2, 0) is 0 Å². The second kappa shape index (κ2) is 24.7. The highest BCUT2D eigenvalue weighted by atomic mass is 15.1. The summed E-state index contributed by atoms with van der Waals surface area (Å²) in [6.45, 7) is 12.3. The fraction of sp³-hybridized carbons (Fsp3) is 0.385. The summed E-state index contributed by atoms with van der Waals surface area (Å²) in [5.41, 5.74) is 6.27. The fourth-order valence-corrected chi connectivity index (χ4v) is 14.2. The number of hydrogen-bond donors (Lipinski definition) is 0. The summed E-state index contributed by atoms with van der Waals surface area (Å²) in [6.07, 6.45) is 19.6. The summed E-state index contributed by atoms with van der Waals surface area (Å²) in [7, 11) is 0. The molecule has 6 nitrogen and oxygen atoms in total. The number of piperidine rings is 6. The summed E-state index contributed by atoms with van der Waals surface area (Å²) in [4.78, 5) is 14.1. The predicted molar refractivity (Wildman–Crippen MR) is 349 cm³/mol. The van der Waals surface area contributed by atoms with Gasteiger partial charge in [0.25, 0.3) is 0 Å². The first-order valence-electron chi connectivity index (χ1n) is 32.0. The molecular formula is C78H76N6. The SMILES string of the molecule is C(#CN1CCCCC1)c1cc2cc3cc(C#CN4CCCCC4)c(C#CN4CCCC(C5CCN(C#Cc6c7cc8ccccc8cc7c(C#CN7CCCCC7)c7cc8ccccc8cc67)CC5)C4)cc3cc2cc1C#CN1CCCCC1. The van der Waals surface area contributed by atoms with E-state index in [2.05, 4.69) is 210 Å². The molecule has 6 saturated heterocycles. The molecule has 0 bridgehead atoms. The van der Waals surface area contributed by atoms with Gasteiger partial charge in [-0.3, -0.25) is 0 Å². The van der Waals surface area contributed by atoms with E-state index in [1.54, 1.807) is 0 Å². The summed E-state index contributed by atoms with van der Waals surface area (Å²) < 4.78 is 0. The standard InChI is InChI=1S/C78H76N6/c1-9-31-79(32-10-1)42-25-64-48-69-52-71-50-66(27-44-81-35-13-3-14-36-81)67(51-72(71)53-70(69)49-65(64)26-43-80-33-11-2-12-34-80)28-45-84-39-17-22-68(58-84)59-23-40-83(41-24-59)47-30-74-77-56-62-20-7-5-18-60(62)54-75(77)73(29-46-82-37-15-4-16-38-82)76-55-61-19-6-8-21-63(61)57-78(74)76/h5-8,18-21,48-57,59,68H,1-4,9-17,22-24,31-41,58H2. The molecule has 0 radical (unpaired) electrons. The van der Waals surface area contributed by atoms with Gasteiger partial charge >= 0.3 is 0 Å². The highest BCUT2D eigenvalue weighted by Crippen LogP contribution is 2.38. The zero-order chi connectivity index (χ0) is 56.0. The van der Waals surface area contributed by atoms with Crippen LogP contribution in [0.1, 0.15) is 136 Å². The number of likely N-dealkylation sites (tertiary alicyclic amines) is 6. The van der Waals surface area contributed by atoms with Gasteiger partial charge in [0.1, 0.15) is 0 Å². The Labute approximate surface area is 498 Å². The average Bonchev–Trinajstić information content (AvgIpc) is 1.74. The number of hydrogen-bond acceptors (Lipinski definition) is 6. The second-order valence-electron chi connectivity index (χ2n) is 24.9. The van der Waals surface area contributed by atoms with Gasteiger partial charge in [0.05, 0.1) is 0 Å². The number of fused-ring (bicyclic) bond motifs is 6. The lowest BCUT2D eigenvalue weighted by atomic mass is 9.80. The topological polar surface area (TPSA) is 19.4 Å². The number of benzene rings is 8. The van der Waals surface area contributed by atoms with Crippen molar-refractivity contribution in [3.63, 3.8) is 0 Å². The minimum Gasteiger partial charge on any atom is -0.332 e. The first-order valence-corrected chi connectivity index (χ1v) is 32.0. The lowest BCUT2D eigenvalue weighted by Gasteiger charge is -2.39. The van der Waals surface area contributed by atoms with Crippen molar-refractivity contribution in [3.05, 3.63) is 143 Å². The molecule has 6 heteroatoms. The highest BCUT2D eigenvalue weighted by Gasteiger charge is 2.29. The van der Waals surface area contributed by atoms with Crippen molar-refractivity contribution in [2.75, 3.05) is 78.5 Å². The van der Waals surface area contributed by atoms with Crippen molar-refractivity contribution in [3.8, 4) is 71.8 Å². The molecule has 6 heterocycles. The van der Waals surface area contributed by atoms with E-state index in [1.807, 2.05) is 0 Å². The van der Waals surface area contributed by atoms with Crippen LogP contribution in [0.2, 0.25) is 0 Å². The molecule has 0 spiro atoms. The van der Waals surface area contributed by atoms with Gasteiger partial charge in [-0.05, 0) is 275 Å². The van der Waals surface area contributed by atoms with E-state index < -0.39 is 0 Å². The second-order valence-corrected chi connectivity index (χ2v) is 24.9. The third kappa shape index (κ3) is 12.0. The maximum atomic E-state index is 3.85. The molecule has 8 aromatic carbocycles. The minimum atomic E-state index is 0.610. The van der Waals surface area contributed by atoms with E-state index >= 15 is 0 Å². The van der Waals surface area contributed by atoms with E-state index in [0.717, 1.165) is 125 Å². The molecule has 14 rings (SSSR count). The maximum Gasteiger partial charge on any atom is 0.0427 e. The van der Waals surface area contributed by atoms with Crippen LogP contribution in [0, 0.1) is 83.6 Å². The molecule has 418 valence electrons. The van der Waals surface area contributed by atoms with Crippen LogP contribution >= 0.6 is 0 Å². The van der Waals surface area contributed by atoms with Crippen LogP contribution in [0.5, 0.6) is 0 Å². The van der Waals surface area contributed by atoms with E-state index in [0.29, 0.717) is 11.8 Å². The predicted octanol–water partition coefficient (Wildman–Crippen LogP) is 14.5. The molecule has 6 aliphatic rings. The molecule has 6 aliphatic heterocycles. The molecule has 0 amide bonds. The third-order valence-electron chi connectivity index (χ3n) is 19.1. The van der Waals surface area contributed by atoms with Gasteiger partial charge in [-0.25, -0.2) is 0 Å². The van der Waals surface area contributed by atoms with Gasteiger partial charge in [0.15, 0.2) is 0 Å². The van der Waals surface area contributed by atoms with E-state index in [4.69, 9.17) is 0 Å². The Morgan fingerprint density at radius 2 is 0.548 bits per heavy atom. The molecule has 1 unspecified atom stereocenters. The molecule has 84 heavy (non-hydrogen) atoms. The van der Waals surface area contributed by atoms with Crippen LogP contribution in [0.3, 0.4) is 0 Å². The molecule has 1 atom stereocenters. The van der Waals surface area contributed by atoms with Gasteiger partial charge in [0.2, 0.25) is 0 Å². The Kier molecular flexibility index (Phi) is 15.8. The molecule has 0 N–H and O–H groups in total. The third-order valence-corrected chi connectivity index (χ3v) is 19.1. The van der Waals surface area contributed by atoms with Crippen molar-refractivity contribution in [2.45, 2.75) is 103 Å². The molecule has 0 saturated carbocycles. The van der Waals surface area contributed by atoms with Crippen molar-refractivity contribution >= 4 is 64.6 Å². The van der Waals surface area contributed by atoms with Gasteiger partial charge in [-0.1, -0.05) is 48.5 Å². The fourth-order valence-electron chi connectivity index (χ4n) is 14.2. The Morgan fingerprint density at radius 1 is 0.250 bits per heavy atom. The van der Waals surface area contributed by atoms with E-state index in [1.165, 1.54) is 155 Å². The Hall–Kier alpha value is -8.52. The zero-order valence-electron chi connectivity index (χ0n) is 49.0. The van der Waals surface area contributed by atoms with E-state index in [9.17, 15) is 0 Å². The van der Waals surface area contributed by atoms with Gasteiger partial charge < -0.3 is 29.4 Å². The van der Waals surface area contributed by atoms with Gasteiger partial charge in [-0.15, -0.1) is 0 Å². The minimum absolute atomic E-state index is 0.610. The number of rotatable bonds is 1. The quantitative estimate of drug-likeness (QED) is 0.120. The van der Waals surface area contributed by atoms with Crippen LogP contribution in [0.4, 0.5) is 0 Å². The lowest BCUT2D eigenvalue weighted by Crippen LogP contribution is -2.40. The summed E-state index contributed by atoms with van der Waals surface area (Å²) >= 11 is 0. The average molecular weight is 1100 g/mol. The van der Waals surface area contributed by atoms with Crippen LogP contribution < -0.4 is 0 Å². The van der Waals surface area contributed by atoms with Crippen LogP contribution in [0.25, 0.3) is 64.6 Å². The maximum absolute atomic E-state index is 3.85. The van der Waals surface area contributed by atoms with Crippen molar-refractivity contribution in [1.82, 2.24) is 29.4 Å². The molecule has 8 aromatic rings. The van der Waals surface area contributed by atoms with Crippen LogP contribution in [-0.4, -0.2) is 108 Å². The monoisotopic (exact) mass is 1100 g/mol. The van der Waals surface area contributed by atoms with Crippen LogP contribution in [0.15, 0.2) is 109 Å². The molecule has 6 fully saturated rings. The number of nitrogens with zero attached hydrogens (tertiary/aromatic N) is 6. The summed E-state index contributed by atoms with van der Waals surface area (Å²) in [5.74, 6) is 23.5. The van der Waals surface area contributed by atoms with Crippen molar-refractivity contribution in [2.24, 2.45) is 11.8 Å². The zero-order valence-corrected chi connectivity index (χ0v) is 49.0. The molecular weight excluding hydrogens is 1020 g/mol. The van der Waals surface area contributed by atoms with E-state index in [-0.39, 0.29) is 0 Å². The Morgan fingerprint density at radius 3 is 0.893 bits per heavy atom. The molecule has 0 aromatic heterocycles.